The maximum absolute atomic E-state index is 13.3. The van der Waals surface area contributed by atoms with Crippen LogP contribution in [0.5, 0.6) is 0 Å². The van der Waals surface area contributed by atoms with Crippen molar-refractivity contribution in [2.24, 2.45) is 0 Å². The molecule has 3 rings (SSSR count). The van der Waals surface area contributed by atoms with Crippen LogP contribution in [-0.4, -0.2) is 33.4 Å². The Kier molecular flexibility index (Phi) is 5.05. The highest BCUT2D eigenvalue weighted by atomic mass is 32.2. The first-order valence-corrected chi connectivity index (χ1v) is 9.46. The topological polar surface area (TPSA) is 49.9 Å². The van der Waals surface area contributed by atoms with Crippen molar-refractivity contribution in [2.75, 3.05) is 10.8 Å². The van der Waals surface area contributed by atoms with Crippen LogP contribution < -0.4 is 4.31 Å². The molecule has 1 saturated heterocycles. The van der Waals surface area contributed by atoms with Crippen molar-refractivity contribution in [1.29, 1.82) is 0 Å². The summed E-state index contributed by atoms with van der Waals surface area (Å²) in [7, 11) is -4.76. The lowest BCUT2D eigenvalue weighted by Crippen LogP contribution is -2.39. The van der Waals surface area contributed by atoms with E-state index in [0.29, 0.717) is 24.3 Å². The minimum Gasteiger partial charge on any atom is -0.287 e. The molecule has 0 bridgehead atoms. The second-order valence-electron chi connectivity index (χ2n) is 6.28. The lowest BCUT2D eigenvalue weighted by molar-refractivity contribution is -0.193. The Morgan fingerprint density at radius 1 is 0.867 bits per heavy atom. The van der Waals surface area contributed by atoms with Gasteiger partial charge in [-0.2, -0.15) is 35.1 Å². The summed E-state index contributed by atoms with van der Waals surface area (Å²) in [5, 5.41) is 0. The van der Waals surface area contributed by atoms with Gasteiger partial charge >= 0.3 is 18.5 Å². The SMILES string of the molecule is O=S(=O)(c1ccccc1)N(CC(F)(F)F)c1ccc(C2(C(F)(F)F)OC2(F)F)cc1. The number of benzene rings is 2. The number of sulfonamides is 1. The van der Waals surface area contributed by atoms with Crippen LogP contribution in [-0.2, 0) is 20.4 Å². The molecule has 0 aromatic heterocycles. The molecular formula is C17H11F8NO3S. The van der Waals surface area contributed by atoms with Gasteiger partial charge in [0, 0.05) is 5.56 Å². The predicted molar refractivity (Wildman–Crippen MR) is 87.2 cm³/mol. The van der Waals surface area contributed by atoms with Crippen molar-refractivity contribution in [3.63, 3.8) is 0 Å². The number of halogens is 8. The van der Waals surface area contributed by atoms with Crippen LogP contribution in [0.3, 0.4) is 0 Å². The normalized spacial score (nSPS) is 21.3. The minimum atomic E-state index is -5.51. The van der Waals surface area contributed by atoms with Gasteiger partial charge in [-0.15, -0.1) is 0 Å². The molecule has 1 atom stereocenters. The third kappa shape index (κ3) is 3.71. The molecule has 1 unspecified atom stereocenters. The molecule has 1 fully saturated rings. The zero-order chi connectivity index (χ0) is 22.6. The third-order valence-corrected chi connectivity index (χ3v) is 6.05. The minimum absolute atomic E-state index is 0.0712. The number of anilines is 1. The van der Waals surface area contributed by atoms with Crippen LogP contribution in [0.2, 0.25) is 0 Å². The van der Waals surface area contributed by atoms with Crippen LogP contribution in [0, 0.1) is 0 Å². The lowest BCUT2D eigenvalue weighted by Gasteiger charge is -2.26. The van der Waals surface area contributed by atoms with E-state index in [1.807, 2.05) is 0 Å². The summed E-state index contributed by atoms with van der Waals surface area (Å²) < 4.78 is 134. The fraction of sp³-hybridized carbons (Fsp3) is 0.294. The molecule has 0 saturated carbocycles. The summed E-state index contributed by atoms with van der Waals surface area (Å²) in [6.07, 6.45) is -15.1. The summed E-state index contributed by atoms with van der Waals surface area (Å²) >= 11 is 0. The molecule has 13 heteroatoms. The summed E-state index contributed by atoms with van der Waals surface area (Å²) in [6, 6.07) is 8.08. The summed E-state index contributed by atoms with van der Waals surface area (Å²) in [6.45, 7) is -1.99. The smallest absolute Gasteiger partial charge is 0.287 e. The van der Waals surface area contributed by atoms with E-state index in [9.17, 15) is 43.5 Å². The largest absolute Gasteiger partial charge is 0.430 e. The van der Waals surface area contributed by atoms with Gasteiger partial charge in [-0.05, 0) is 24.3 Å². The van der Waals surface area contributed by atoms with Crippen molar-refractivity contribution in [1.82, 2.24) is 0 Å². The number of hydrogen-bond donors (Lipinski definition) is 0. The van der Waals surface area contributed by atoms with Crippen LogP contribution in [0.15, 0.2) is 59.5 Å². The van der Waals surface area contributed by atoms with Gasteiger partial charge in [-0.25, -0.2) is 8.42 Å². The zero-order valence-electron chi connectivity index (χ0n) is 14.5. The number of rotatable bonds is 5. The lowest BCUT2D eigenvalue weighted by atomic mass is 9.97. The number of nitrogens with zero attached hydrogens (tertiary/aromatic N) is 1. The van der Waals surface area contributed by atoms with E-state index >= 15 is 0 Å². The first-order chi connectivity index (χ1) is 13.6. The first-order valence-electron chi connectivity index (χ1n) is 8.02. The van der Waals surface area contributed by atoms with E-state index in [2.05, 4.69) is 4.74 Å². The average Bonchev–Trinajstić information content (AvgIpc) is 3.24. The van der Waals surface area contributed by atoms with Gasteiger partial charge in [0.25, 0.3) is 15.6 Å². The second kappa shape index (κ2) is 6.80. The highest BCUT2D eigenvalue weighted by Crippen LogP contribution is 2.66. The Balaban J connectivity index is 2.04. The monoisotopic (exact) mass is 461 g/mol. The Labute approximate surface area is 164 Å². The molecule has 1 heterocycles. The predicted octanol–water partition coefficient (Wildman–Crippen LogP) is 4.82. The molecule has 2 aromatic carbocycles. The van der Waals surface area contributed by atoms with Crippen LogP contribution >= 0.6 is 0 Å². The van der Waals surface area contributed by atoms with E-state index < -0.39 is 56.8 Å². The van der Waals surface area contributed by atoms with Crippen molar-refractivity contribution >= 4 is 15.7 Å². The van der Waals surface area contributed by atoms with Gasteiger partial charge < -0.3 is 0 Å². The van der Waals surface area contributed by atoms with Gasteiger partial charge in [0.15, 0.2) is 0 Å². The van der Waals surface area contributed by atoms with E-state index in [4.69, 9.17) is 0 Å². The first kappa shape index (κ1) is 22.3. The maximum atomic E-state index is 13.3. The van der Waals surface area contributed by atoms with E-state index in [0.717, 1.165) is 12.1 Å². The molecular weight excluding hydrogens is 450 g/mol. The van der Waals surface area contributed by atoms with E-state index in [1.54, 1.807) is 0 Å². The zero-order valence-corrected chi connectivity index (χ0v) is 15.3. The average molecular weight is 461 g/mol. The van der Waals surface area contributed by atoms with Crippen molar-refractivity contribution in [3.05, 3.63) is 60.2 Å². The number of ether oxygens (including phenoxy) is 1. The van der Waals surface area contributed by atoms with Crippen LogP contribution in [0.1, 0.15) is 5.56 Å². The fourth-order valence-electron chi connectivity index (χ4n) is 2.84. The molecule has 0 aliphatic carbocycles. The number of alkyl halides is 8. The molecule has 2 aromatic rings. The molecule has 164 valence electrons. The van der Waals surface area contributed by atoms with Crippen molar-refractivity contribution in [2.45, 2.75) is 29.0 Å². The van der Waals surface area contributed by atoms with Crippen molar-refractivity contribution in [3.8, 4) is 0 Å². The molecule has 1 aliphatic heterocycles. The maximum Gasteiger partial charge on any atom is 0.430 e. The van der Waals surface area contributed by atoms with Crippen LogP contribution in [0.4, 0.5) is 40.8 Å². The Hall–Kier alpha value is -2.41. The Bertz CT molecular complexity index is 1020. The quantitative estimate of drug-likeness (QED) is 0.474. The van der Waals surface area contributed by atoms with E-state index in [-0.39, 0.29) is 4.31 Å². The number of epoxide rings is 1. The Morgan fingerprint density at radius 3 is 1.77 bits per heavy atom. The molecule has 0 N–H and O–H groups in total. The standard InChI is InChI=1S/C17H11F8NO3S/c18-14(19,20)10-26(30(27,28)13-4-2-1-3-5-13)12-8-6-11(7-9-12)15(16(21,22)23)17(24,25)29-15/h1-9H,10H2. The van der Waals surface area contributed by atoms with Gasteiger partial charge in [-0.3, -0.25) is 9.04 Å². The Morgan fingerprint density at radius 2 is 1.37 bits per heavy atom. The van der Waals surface area contributed by atoms with Gasteiger partial charge in [0.2, 0.25) is 0 Å². The highest BCUT2D eigenvalue weighted by Gasteiger charge is 2.88. The summed E-state index contributed by atoms with van der Waals surface area (Å²) in [5.41, 5.74) is -5.68. The van der Waals surface area contributed by atoms with Crippen molar-refractivity contribution < 1.29 is 48.3 Å². The fourth-order valence-corrected chi connectivity index (χ4v) is 4.31. The summed E-state index contributed by atoms with van der Waals surface area (Å²) in [4.78, 5) is -0.498. The molecule has 0 amide bonds. The second-order valence-corrected chi connectivity index (χ2v) is 8.15. The van der Waals surface area contributed by atoms with Gasteiger partial charge in [0.05, 0.1) is 10.6 Å². The molecule has 1 aliphatic rings. The summed E-state index contributed by atoms with van der Waals surface area (Å²) in [5.74, 6) is 0. The van der Waals surface area contributed by atoms with Crippen LogP contribution in [0.25, 0.3) is 0 Å². The van der Waals surface area contributed by atoms with Gasteiger partial charge in [0.1, 0.15) is 6.54 Å². The number of hydrogen-bond acceptors (Lipinski definition) is 3. The van der Waals surface area contributed by atoms with Gasteiger partial charge in [-0.1, -0.05) is 30.3 Å². The molecule has 4 nitrogen and oxygen atoms in total. The third-order valence-electron chi connectivity index (χ3n) is 4.26. The van der Waals surface area contributed by atoms with E-state index in [1.165, 1.54) is 18.2 Å². The molecule has 0 spiro atoms. The highest BCUT2D eigenvalue weighted by molar-refractivity contribution is 7.92. The molecule has 0 radical (unpaired) electrons. The molecule has 30 heavy (non-hydrogen) atoms.